The van der Waals surface area contributed by atoms with Crippen molar-refractivity contribution in [1.29, 1.82) is 0 Å². The van der Waals surface area contributed by atoms with Crippen molar-refractivity contribution in [3.63, 3.8) is 0 Å². The second kappa shape index (κ2) is 14.5. The molecule has 0 aliphatic carbocycles. The van der Waals surface area contributed by atoms with E-state index in [1.54, 1.807) is 24.3 Å². The van der Waals surface area contributed by atoms with Crippen molar-refractivity contribution < 1.29 is 42.3 Å². The van der Waals surface area contributed by atoms with Crippen LogP contribution in [0.4, 0.5) is 4.39 Å². The predicted molar refractivity (Wildman–Crippen MR) is 97.5 cm³/mol. The van der Waals surface area contributed by atoms with Gasteiger partial charge in [0.2, 0.25) is 0 Å². The van der Waals surface area contributed by atoms with Gasteiger partial charge in [-0.1, -0.05) is 49.9 Å². The molecule has 0 saturated carbocycles. The van der Waals surface area contributed by atoms with Crippen molar-refractivity contribution in [1.82, 2.24) is 5.06 Å². The summed E-state index contributed by atoms with van der Waals surface area (Å²) in [7, 11) is 0. The molecule has 0 amide bonds. The molecule has 3 rings (SSSR count). The summed E-state index contributed by atoms with van der Waals surface area (Å²) in [4.78, 5) is 0. The molecular weight excluding hydrogens is 394 g/mol. The quantitative estimate of drug-likeness (QED) is 0.766. The number of hydrogen-bond acceptors (Lipinski definition) is 3. The predicted octanol–water partition coefficient (Wildman–Crippen LogP) is 3.66. The monoisotopic (exact) mass is 421 g/mol. The molecule has 1 aromatic rings. The van der Waals surface area contributed by atoms with Crippen molar-refractivity contribution in [2.75, 3.05) is 26.2 Å². The van der Waals surface area contributed by atoms with Crippen molar-refractivity contribution in [2.24, 2.45) is 5.73 Å². The van der Waals surface area contributed by atoms with Crippen molar-refractivity contribution in [3.8, 4) is 0 Å². The number of hydroxylamine groups is 2. The summed E-state index contributed by atoms with van der Waals surface area (Å²) in [5.74, 6) is -0.178. The fourth-order valence-corrected chi connectivity index (χ4v) is 2.24. The van der Waals surface area contributed by atoms with Gasteiger partial charge in [-0.2, -0.15) is 5.06 Å². The molecule has 3 N–H and O–H groups in total. The van der Waals surface area contributed by atoms with Crippen LogP contribution in [0.3, 0.4) is 0 Å². The van der Waals surface area contributed by atoms with Gasteiger partial charge in [-0.3, -0.25) is 0 Å². The Morgan fingerprint density at radius 3 is 2.20 bits per heavy atom. The topological polar surface area (TPSA) is 63.6 Å². The largest absolute Gasteiger partial charge is 0.661 e. The number of hydrogen-bond donors (Lipinski definition) is 2. The first-order valence-electron chi connectivity index (χ1n) is 8.07. The van der Waals surface area contributed by atoms with E-state index in [0.717, 1.165) is 31.5 Å². The van der Waals surface area contributed by atoms with Gasteiger partial charge in [-0.15, -0.1) is 13.1 Å². The molecule has 4 nitrogen and oxygen atoms in total. The summed E-state index contributed by atoms with van der Waals surface area (Å²) >= 11 is 0. The number of nitrogens with two attached hydrogens (primary N) is 1. The smallest absolute Gasteiger partial charge is 0.123 e. The summed E-state index contributed by atoms with van der Waals surface area (Å²) < 4.78 is 11.9. The molecule has 2 aliphatic rings. The minimum atomic E-state index is -0.178. The molecule has 0 spiro atoms. The van der Waals surface area contributed by atoms with Gasteiger partial charge in [0.05, 0.1) is 0 Å². The molecule has 135 valence electrons. The Bertz CT molecular complexity index is 531. The van der Waals surface area contributed by atoms with E-state index < -0.39 is 0 Å². The molecule has 1 saturated heterocycles. The number of halogens is 1. The Morgan fingerprint density at radius 1 is 1.20 bits per heavy atom. The molecule has 1 fully saturated rings. The van der Waals surface area contributed by atoms with E-state index in [1.807, 2.05) is 6.08 Å². The first-order chi connectivity index (χ1) is 11.6. The number of benzene rings is 1. The maximum absolute atomic E-state index is 11.9. The third-order valence-electron chi connectivity index (χ3n) is 3.65. The van der Waals surface area contributed by atoms with Gasteiger partial charge in [0, 0.05) is 45.8 Å². The van der Waals surface area contributed by atoms with Gasteiger partial charge in [0.1, 0.15) is 5.82 Å². The third kappa shape index (κ3) is 10.8. The van der Waals surface area contributed by atoms with Crippen LogP contribution in [0.15, 0.2) is 66.8 Å². The van der Waals surface area contributed by atoms with E-state index in [9.17, 15) is 4.39 Å². The maximum Gasteiger partial charge on any atom is 0.123 e. The van der Waals surface area contributed by atoms with Gasteiger partial charge in [-0.25, -0.2) is 4.39 Å². The fourth-order valence-electron chi connectivity index (χ4n) is 2.24. The van der Waals surface area contributed by atoms with Gasteiger partial charge < -0.3 is 16.3 Å². The third-order valence-corrected chi connectivity index (χ3v) is 3.65. The Morgan fingerprint density at radius 2 is 1.84 bits per heavy atom. The van der Waals surface area contributed by atoms with Gasteiger partial charge in [0.25, 0.3) is 0 Å². The van der Waals surface area contributed by atoms with E-state index in [-0.39, 0.29) is 38.5 Å². The summed E-state index contributed by atoms with van der Waals surface area (Å²) in [6.07, 6.45) is 5.57. The van der Waals surface area contributed by atoms with Crippen molar-refractivity contribution in [2.45, 2.75) is 18.9 Å². The van der Waals surface area contributed by atoms with Gasteiger partial charge in [-0.05, 0) is 35.7 Å². The number of nitrogens with zero attached hydrogens (tertiary/aromatic N) is 2. The molecule has 0 bridgehead atoms. The first-order valence-corrected chi connectivity index (χ1v) is 8.07. The van der Waals surface area contributed by atoms with E-state index in [4.69, 9.17) is 10.9 Å². The van der Waals surface area contributed by atoms with Crippen LogP contribution in [-0.4, -0.2) is 42.5 Å². The molecule has 1 unspecified atom stereocenters. The molecule has 2 heterocycles. The molecule has 1 radical (unpaired) electrons. The molecule has 25 heavy (non-hydrogen) atoms. The Hall–Kier alpha value is -0.686. The number of allylic oxidation sites excluding steroid dienone is 1. The SMILES string of the molecule is C=CC1=C(C=C)CN(O)CC1.Fc1ccccc1.NC1CC[N-]C1.[Y]. The second-order valence-electron chi connectivity index (χ2n) is 5.57. The molecule has 0 aromatic heterocycles. The summed E-state index contributed by atoms with van der Waals surface area (Å²) in [6, 6.07) is 8.32. The van der Waals surface area contributed by atoms with Crippen molar-refractivity contribution in [3.05, 3.63) is 77.9 Å². The zero-order valence-corrected chi connectivity index (χ0v) is 17.5. The zero-order chi connectivity index (χ0) is 17.8. The number of rotatable bonds is 2. The van der Waals surface area contributed by atoms with Crippen LogP contribution in [0.5, 0.6) is 0 Å². The maximum atomic E-state index is 11.9. The van der Waals surface area contributed by atoms with E-state index in [0.29, 0.717) is 19.1 Å². The van der Waals surface area contributed by atoms with Gasteiger partial charge >= 0.3 is 0 Å². The summed E-state index contributed by atoms with van der Waals surface area (Å²) in [6.45, 7) is 10.5. The van der Waals surface area contributed by atoms with Crippen LogP contribution in [0.2, 0.25) is 0 Å². The molecule has 1 atom stereocenters. The van der Waals surface area contributed by atoms with Crippen molar-refractivity contribution >= 4 is 0 Å². The van der Waals surface area contributed by atoms with Crippen LogP contribution in [0, 0.1) is 5.82 Å². The normalized spacial score (nSPS) is 19.6. The van der Waals surface area contributed by atoms with Crippen LogP contribution in [-0.2, 0) is 32.7 Å². The second-order valence-corrected chi connectivity index (χ2v) is 5.57. The standard InChI is InChI=1S/C9H13NO.C6H5F.C4H9N2.Y/c1-3-8-5-6-10(11)7-9(8)4-2;7-6-4-2-1-3-5-6;5-4-1-2-6-3-4;/h3-4,11H,1-2,5-7H2;1-5H;4H,1-3,5H2;/q;;-1;. The van der Waals surface area contributed by atoms with Crippen LogP contribution < -0.4 is 5.73 Å². The average Bonchev–Trinajstić information content (AvgIpc) is 3.07. The van der Waals surface area contributed by atoms with E-state index in [2.05, 4.69) is 18.5 Å². The van der Waals surface area contributed by atoms with Crippen LogP contribution in [0.25, 0.3) is 5.32 Å². The molecule has 2 aliphatic heterocycles. The molecule has 1 aromatic carbocycles. The minimum absolute atomic E-state index is 0. The van der Waals surface area contributed by atoms with Crippen LogP contribution >= 0.6 is 0 Å². The van der Waals surface area contributed by atoms with Crippen LogP contribution in [0.1, 0.15) is 12.8 Å². The first kappa shape index (κ1) is 24.3. The minimum Gasteiger partial charge on any atom is -0.661 e. The molecule has 6 heteroatoms. The van der Waals surface area contributed by atoms with Gasteiger partial charge in [0.15, 0.2) is 0 Å². The van der Waals surface area contributed by atoms with E-state index >= 15 is 0 Å². The Balaban J connectivity index is 0.000000358. The zero-order valence-electron chi connectivity index (χ0n) is 14.6. The average molecular weight is 421 g/mol. The summed E-state index contributed by atoms with van der Waals surface area (Å²) in [5.41, 5.74) is 7.72. The van der Waals surface area contributed by atoms with E-state index in [1.165, 1.54) is 22.8 Å². The Labute approximate surface area is 175 Å². The fraction of sp³-hybridized carbons (Fsp3) is 0.368. The molecular formula is C19H27FN3OY-. The Kier molecular flexibility index (Phi) is 14.1. The summed E-state index contributed by atoms with van der Waals surface area (Å²) in [5, 5.41) is 14.5.